The van der Waals surface area contributed by atoms with Crippen LogP contribution in [0.15, 0.2) is 65.9 Å². The lowest BCUT2D eigenvalue weighted by Crippen LogP contribution is -2.09. The van der Waals surface area contributed by atoms with Crippen LogP contribution in [0.4, 0.5) is 5.69 Å². The molecule has 9 heteroatoms. The zero-order chi connectivity index (χ0) is 23.1. The van der Waals surface area contributed by atoms with E-state index in [0.29, 0.717) is 12.1 Å². The smallest absolute Gasteiger partial charge is 0.224 e. The number of nitrogens with one attached hydrogen (secondary N) is 3. The summed E-state index contributed by atoms with van der Waals surface area (Å²) in [5.41, 5.74) is 7.79. The van der Waals surface area contributed by atoms with E-state index in [2.05, 4.69) is 58.3 Å². The third-order valence-corrected chi connectivity index (χ3v) is 6.39. The number of aromatic amines is 2. The number of hydrogen-bond acceptors (Lipinski definition) is 6. The molecule has 0 aliphatic carbocycles. The van der Waals surface area contributed by atoms with Crippen LogP contribution in [0.1, 0.15) is 13.3 Å². The van der Waals surface area contributed by atoms with Crippen molar-refractivity contribution in [3.63, 3.8) is 0 Å². The molecule has 0 unspecified atom stereocenters. The number of amides is 1. The molecule has 3 N–H and O–H groups in total. The summed E-state index contributed by atoms with van der Waals surface area (Å²) in [5.74, 6) is -0.0614. The molecule has 6 rings (SSSR count). The van der Waals surface area contributed by atoms with Crippen molar-refractivity contribution >= 4 is 44.9 Å². The molecule has 6 heterocycles. The van der Waals surface area contributed by atoms with Crippen molar-refractivity contribution in [1.82, 2.24) is 30.1 Å². The number of carbonyl (C=O) groups is 1. The number of aromatic nitrogens is 6. The highest BCUT2D eigenvalue weighted by molar-refractivity contribution is 7.08. The summed E-state index contributed by atoms with van der Waals surface area (Å²) < 4.78 is 0. The maximum atomic E-state index is 11.8. The van der Waals surface area contributed by atoms with E-state index >= 15 is 0 Å². The van der Waals surface area contributed by atoms with Crippen LogP contribution in [0.5, 0.6) is 0 Å². The van der Waals surface area contributed by atoms with Gasteiger partial charge in [-0.3, -0.25) is 19.9 Å². The Labute approximate surface area is 198 Å². The number of rotatable bonds is 5. The molecule has 0 bridgehead atoms. The Balaban J connectivity index is 1.43. The van der Waals surface area contributed by atoms with Gasteiger partial charge in [-0.2, -0.15) is 16.4 Å². The van der Waals surface area contributed by atoms with E-state index in [1.165, 1.54) is 5.56 Å². The topological polar surface area (TPSA) is 112 Å². The van der Waals surface area contributed by atoms with Crippen LogP contribution in [-0.2, 0) is 4.79 Å². The van der Waals surface area contributed by atoms with Gasteiger partial charge in [-0.15, -0.1) is 0 Å². The predicted molar refractivity (Wildman–Crippen MR) is 134 cm³/mol. The maximum Gasteiger partial charge on any atom is 0.224 e. The first kappa shape index (κ1) is 20.3. The van der Waals surface area contributed by atoms with E-state index in [1.807, 2.05) is 31.3 Å². The molecular formula is C25H19N7OS. The quantitative estimate of drug-likeness (QED) is 0.305. The van der Waals surface area contributed by atoms with Crippen LogP contribution in [0.3, 0.4) is 0 Å². The highest BCUT2D eigenvalue weighted by Gasteiger charge is 2.16. The van der Waals surface area contributed by atoms with Crippen molar-refractivity contribution in [2.75, 3.05) is 5.32 Å². The number of hydrogen-bond donors (Lipinski definition) is 3. The second-order valence-corrected chi connectivity index (χ2v) is 8.65. The predicted octanol–water partition coefficient (Wildman–Crippen LogP) is 5.64. The second-order valence-electron chi connectivity index (χ2n) is 7.87. The van der Waals surface area contributed by atoms with Crippen LogP contribution in [0, 0.1) is 0 Å². The summed E-state index contributed by atoms with van der Waals surface area (Å²) in [6.07, 6.45) is 7.34. The van der Waals surface area contributed by atoms with Crippen LogP contribution >= 0.6 is 11.3 Å². The van der Waals surface area contributed by atoms with Crippen molar-refractivity contribution in [2.24, 2.45) is 0 Å². The third kappa shape index (κ3) is 3.52. The normalized spacial score (nSPS) is 11.3. The van der Waals surface area contributed by atoms with E-state index < -0.39 is 0 Å². The monoisotopic (exact) mass is 465 g/mol. The first-order chi connectivity index (χ1) is 16.7. The molecule has 0 fully saturated rings. The summed E-state index contributed by atoms with van der Waals surface area (Å²) in [5, 5.41) is 16.7. The Morgan fingerprint density at radius 1 is 1.06 bits per heavy atom. The summed E-state index contributed by atoms with van der Waals surface area (Å²) in [4.78, 5) is 28.5. The summed E-state index contributed by atoms with van der Waals surface area (Å²) in [6, 6.07) is 10.1. The van der Waals surface area contributed by atoms with Crippen LogP contribution < -0.4 is 5.32 Å². The Hall–Kier alpha value is -4.37. The molecule has 0 saturated carbocycles. The van der Waals surface area contributed by atoms with Crippen LogP contribution in [0.2, 0.25) is 0 Å². The summed E-state index contributed by atoms with van der Waals surface area (Å²) in [6.45, 7) is 1.81. The third-order valence-electron chi connectivity index (χ3n) is 5.71. The summed E-state index contributed by atoms with van der Waals surface area (Å²) in [7, 11) is 0. The lowest BCUT2D eigenvalue weighted by atomic mass is 10.1. The van der Waals surface area contributed by atoms with Crippen molar-refractivity contribution in [1.29, 1.82) is 0 Å². The van der Waals surface area contributed by atoms with Gasteiger partial charge in [-0.05, 0) is 52.2 Å². The fraction of sp³-hybridized carbons (Fsp3) is 0.0800. The Kier molecular flexibility index (Phi) is 4.88. The van der Waals surface area contributed by atoms with E-state index in [4.69, 9.17) is 0 Å². The first-order valence-corrected chi connectivity index (χ1v) is 11.7. The molecule has 0 aliphatic heterocycles. The zero-order valence-electron chi connectivity index (χ0n) is 18.2. The van der Waals surface area contributed by atoms with Gasteiger partial charge < -0.3 is 10.3 Å². The van der Waals surface area contributed by atoms with Gasteiger partial charge in [0, 0.05) is 35.2 Å². The highest BCUT2D eigenvalue weighted by Crippen LogP contribution is 2.34. The number of thiophene rings is 1. The van der Waals surface area contributed by atoms with Gasteiger partial charge in [0.2, 0.25) is 5.91 Å². The molecule has 1 amide bonds. The second kappa shape index (κ2) is 8.20. The van der Waals surface area contributed by atoms with Crippen molar-refractivity contribution < 1.29 is 4.79 Å². The molecule has 0 aromatic carbocycles. The fourth-order valence-electron chi connectivity index (χ4n) is 4.00. The lowest BCUT2D eigenvalue weighted by molar-refractivity contribution is -0.115. The number of nitrogens with zero attached hydrogens (tertiary/aromatic N) is 4. The average molecular weight is 466 g/mol. The Morgan fingerprint density at radius 2 is 2.00 bits per heavy atom. The molecule has 166 valence electrons. The molecule has 0 atom stereocenters. The van der Waals surface area contributed by atoms with Gasteiger partial charge in [0.05, 0.1) is 35.0 Å². The van der Waals surface area contributed by atoms with Gasteiger partial charge in [-0.25, -0.2) is 4.98 Å². The van der Waals surface area contributed by atoms with Crippen LogP contribution in [0.25, 0.3) is 55.7 Å². The minimum absolute atomic E-state index is 0.0614. The van der Waals surface area contributed by atoms with E-state index in [0.717, 1.165) is 50.1 Å². The number of anilines is 1. The maximum absolute atomic E-state index is 11.8. The van der Waals surface area contributed by atoms with Gasteiger partial charge in [0.25, 0.3) is 0 Å². The number of carbonyl (C=O) groups excluding carboxylic acids is 1. The first-order valence-electron chi connectivity index (χ1n) is 10.8. The molecule has 0 spiro atoms. The molecule has 8 nitrogen and oxygen atoms in total. The zero-order valence-corrected chi connectivity index (χ0v) is 19.0. The largest absolute Gasteiger partial charge is 0.338 e. The van der Waals surface area contributed by atoms with E-state index in [1.54, 1.807) is 29.9 Å². The molecule has 0 aliphatic rings. The molecule has 0 saturated heterocycles. The number of fused-ring (bicyclic) bond motifs is 2. The van der Waals surface area contributed by atoms with Crippen molar-refractivity contribution in [3.05, 3.63) is 65.9 Å². The molecule has 6 aromatic heterocycles. The van der Waals surface area contributed by atoms with Crippen LogP contribution in [-0.4, -0.2) is 36.0 Å². The lowest BCUT2D eigenvalue weighted by Gasteiger charge is -2.06. The average Bonchev–Trinajstić information content (AvgIpc) is 3.62. The Morgan fingerprint density at radius 3 is 2.85 bits per heavy atom. The summed E-state index contributed by atoms with van der Waals surface area (Å²) >= 11 is 1.67. The van der Waals surface area contributed by atoms with Gasteiger partial charge in [-0.1, -0.05) is 6.92 Å². The minimum Gasteiger partial charge on any atom is -0.338 e. The van der Waals surface area contributed by atoms with Crippen molar-refractivity contribution in [3.8, 4) is 33.8 Å². The fourth-order valence-corrected chi connectivity index (χ4v) is 4.66. The number of H-pyrrole nitrogens is 2. The standard InChI is InChI=1S/C25H19N7OS/c1-2-23(33)29-16-7-15(10-26-11-16)20-9-19-22(12-28-20)31-32-24(19)21-8-18-17(14-4-6-34-13-14)3-5-27-25(18)30-21/h3-13H,2H2,1H3,(H,27,30)(H,29,33)(H,31,32). The molecule has 34 heavy (non-hydrogen) atoms. The Bertz CT molecular complexity index is 1650. The highest BCUT2D eigenvalue weighted by atomic mass is 32.1. The molecule has 0 radical (unpaired) electrons. The van der Waals surface area contributed by atoms with Gasteiger partial charge >= 0.3 is 0 Å². The van der Waals surface area contributed by atoms with E-state index in [-0.39, 0.29) is 5.91 Å². The SMILES string of the molecule is CCC(=O)Nc1cncc(-c2cc3c(-c4cc5c(-c6ccsc6)ccnc5[nH]4)n[nH]c3cn2)c1. The van der Waals surface area contributed by atoms with Gasteiger partial charge in [0.1, 0.15) is 11.3 Å². The van der Waals surface area contributed by atoms with E-state index in [9.17, 15) is 4.79 Å². The minimum atomic E-state index is -0.0614. The number of pyridine rings is 3. The molecule has 6 aromatic rings. The van der Waals surface area contributed by atoms with Gasteiger partial charge in [0.15, 0.2) is 0 Å². The van der Waals surface area contributed by atoms with Crippen molar-refractivity contribution in [2.45, 2.75) is 13.3 Å². The molecular weight excluding hydrogens is 446 g/mol.